The molecule has 0 amide bonds. The van der Waals surface area contributed by atoms with E-state index in [0.717, 1.165) is 6.92 Å². The molecule has 0 radical (unpaired) electrons. The standard InChI is InChI=1S/C12H8F6O2/c1-6(19)2-10(20)7-3-8(11(13,14)15)5-9(4-7)12(16,17)18/h2-5,20H,1H3/b10-2+. The lowest BCUT2D eigenvalue weighted by atomic mass is 10.0. The molecule has 0 saturated heterocycles. The molecule has 0 fully saturated rings. The zero-order chi connectivity index (χ0) is 15.7. The summed E-state index contributed by atoms with van der Waals surface area (Å²) in [5.41, 5.74) is -3.86. The normalized spacial score (nSPS) is 13.4. The van der Waals surface area contributed by atoms with Gasteiger partial charge in [-0.1, -0.05) is 0 Å². The summed E-state index contributed by atoms with van der Waals surface area (Å²) in [5.74, 6) is -1.68. The summed E-state index contributed by atoms with van der Waals surface area (Å²) in [6.45, 7) is 0.995. The minimum absolute atomic E-state index is 0.0649. The molecule has 0 saturated carbocycles. The fourth-order valence-electron chi connectivity index (χ4n) is 1.38. The summed E-state index contributed by atoms with van der Waals surface area (Å²) >= 11 is 0. The monoisotopic (exact) mass is 298 g/mol. The van der Waals surface area contributed by atoms with Gasteiger partial charge < -0.3 is 5.11 Å². The van der Waals surface area contributed by atoms with Gasteiger partial charge in [-0.15, -0.1) is 0 Å². The maximum absolute atomic E-state index is 12.5. The highest BCUT2D eigenvalue weighted by atomic mass is 19.4. The number of alkyl halides is 6. The molecule has 2 nitrogen and oxygen atoms in total. The van der Waals surface area contributed by atoms with E-state index in [0.29, 0.717) is 18.2 Å². The Morgan fingerprint density at radius 1 is 1.00 bits per heavy atom. The maximum Gasteiger partial charge on any atom is 0.416 e. The van der Waals surface area contributed by atoms with Crippen molar-refractivity contribution in [1.82, 2.24) is 0 Å². The molecule has 1 aromatic carbocycles. The third-order valence-corrected chi connectivity index (χ3v) is 2.22. The number of aliphatic hydroxyl groups is 1. The van der Waals surface area contributed by atoms with Gasteiger partial charge in [-0.3, -0.25) is 4.79 Å². The Kier molecular flexibility index (Phi) is 4.16. The van der Waals surface area contributed by atoms with Gasteiger partial charge in [-0.05, 0) is 25.1 Å². The van der Waals surface area contributed by atoms with Crippen molar-refractivity contribution in [2.75, 3.05) is 0 Å². The topological polar surface area (TPSA) is 37.3 Å². The van der Waals surface area contributed by atoms with E-state index in [4.69, 9.17) is 0 Å². The Labute approximate surface area is 109 Å². The minimum atomic E-state index is -5.01. The molecule has 0 unspecified atom stereocenters. The molecular formula is C12H8F6O2. The molecular weight excluding hydrogens is 290 g/mol. The van der Waals surface area contributed by atoms with Crippen molar-refractivity contribution < 1.29 is 36.2 Å². The lowest BCUT2D eigenvalue weighted by Gasteiger charge is -2.13. The van der Waals surface area contributed by atoms with Crippen LogP contribution in [0.15, 0.2) is 24.3 Å². The summed E-state index contributed by atoms with van der Waals surface area (Å²) in [7, 11) is 0. The SMILES string of the molecule is CC(=O)/C=C(/O)c1cc(C(F)(F)F)cc(C(F)(F)F)c1. The van der Waals surface area contributed by atoms with Gasteiger partial charge in [0.15, 0.2) is 5.78 Å². The lowest BCUT2D eigenvalue weighted by molar-refractivity contribution is -0.143. The molecule has 1 aromatic rings. The minimum Gasteiger partial charge on any atom is -0.507 e. The van der Waals surface area contributed by atoms with Gasteiger partial charge in [-0.25, -0.2) is 0 Å². The third kappa shape index (κ3) is 4.01. The Balaban J connectivity index is 3.50. The maximum atomic E-state index is 12.5. The van der Waals surface area contributed by atoms with Crippen molar-refractivity contribution in [3.63, 3.8) is 0 Å². The van der Waals surface area contributed by atoms with Gasteiger partial charge in [0.1, 0.15) is 5.76 Å². The summed E-state index contributed by atoms with van der Waals surface area (Å²) < 4.78 is 75.2. The number of hydrogen-bond acceptors (Lipinski definition) is 2. The van der Waals surface area contributed by atoms with Crippen molar-refractivity contribution in [3.05, 3.63) is 41.0 Å². The van der Waals surface area contributed by atoms with Gasteiger partial charge in [0.05, 0.1) is 11.1 Å². The zero-order valence-corrected chi connectivity index (χ0v) is 9.93. The van der Waals surface area contributed by atoms with Crippen LogP contribution in [0.25, 0.3) is 5.76 Å². The second-order valence-corrected chi connectivity index (χ2v) is 3.93. The number of aliphatic hydroxyl groups excluding tert-OH is 1. The molecule has 0 aromatic heterocycles. The molecule has 1 N–H and O–H groups in total. The summed E-state index contributed by atoms with van der Waals surface area (Å²) in [6.07, 6.45) is -9.48. The summed E-state index contributed by atoms with van der Waals surface area (Å²) in [6, 6.07) is 0.610. The van der Waals surface area contributed by atoms with E-state index in [1.54, 1.807) is 0 Å². The first-order chi connectivity index (χ1) is 8.91. The lowest BCUT2D eigenvalue weighted by Crippen LogP contribution is -2.11. The highest BCUT2D eigenvalue weighted by molar-refractivity contribution is 5.93. The van der Waals surface area contributed by atoms with E-state index in [-0.39, 0.29) is 6.07 Å². The number of carbonyl (C=O) groups is 1. The smallest absolute Gasteiger partial charge is 0.416 e. The molecule has 0 atom stereocenters. The van der Waals surface area contributed by atoms with E-state index >= 15 is 0 Å². The second kappa shape index (κ2) is 5.18. The highest BCUT2D eigenvalue weighted by Gasteiger charge is 2.37. The van der Waals surface area contributed by atoms with Crippen LogP contribution in [0.4, 0.5) is 26.3 Å². The largest absolute Gasteiger partial charge is 0.507 e. The van der Waals surface area contributed by atoms with Crippen molar-refractivity contribution in [3.8, 4) is 0 Å². The molecule has 8 heteroatoms. The van der Waals surface area contributed by atoms with Gasteiger partial charge in [0, 0.05) is 11.6 Å². The molecule has 0 spiro atoms. The molecule has 0 bridgehead atoms. The second-order valence-electron chi connectivity index (χ2n) is 3.93. The Morgan fingerprint density at radius 3 is 1.70 bits per heavy atom. The van der Waals surface area contributed by atoms with Gasteiger partial charge in [0.2, 0.25) is 0 Å². The van der Waals surface area contributed by atoms with Crippen LogP contribution in [-0.4, -0.2) is 10.9 Å². The van der Waals surface area contributed by atoms with E-state index in [1.165, 1.54) is 0 Å². The number of benzene rings is 1. The van der Waals surface area contributed by atoms with Crippen LogP contribution in [0.1, 0.15) is 23.6 Å². The Morgan fingerprint density at radius 2 is 1.40 bits per heavy atom. The molecule has 20 heavy (non-hydrogen) atoms. The van der Waals surface area contributed by atoms with Crippen LogP contribution in [0.2, 0.25) is 0 Å². The summed E-state index contributed by atoms with van der Waals surface area (Å²) in [5, 5.41) is 9.38. The molecule has 0 aliphatic rings. The van der Waals surface area contributed by atoms with Crippen LogP contribution < -0.4 is 0 Å². The van der Waals surface area contributed by atoms with Crippen LogP contribution >= 0.6 is 0 Å². The zero-order valence-electron chi connectivity index (χ0n) is 9.93. The first-order valence-electron chi connectivity index (χ1n) is 5.12. The highest BCUT2D eigenvalue weighted by Crippen LogP contribution is 2.37. The molecule has 0 heterocycles. The number of rotatable bonds is 2. The first-order valence-corrected chi connectivity index (χ1v) is 5.12. The van der Waals surface area contributed by atoms with E-state index < -0.39 is 40.6 Å². The quantitative estimate of drug-likeness (QED) is 0.504. The Hall–Kier alpha value is -1.99. The van der Waals surface area contributed by atoms with Gasteiger partial charge >= 0.3 is 12.4 Å². The van der Waals surface area contributed by atoms with Gasteiger partial charge in [-0.2, -0.15) is 26.3 Å². The Bertz CT molecular complexity index is 522. The number of hydrogen-bond donors (Lipinski definition) is 1. The average Bonchev–Trinajstić information content (AvgIpc) is 2.25. The summed E-state index contributed by atoms with van der Waals surface area (Å²) in [4.78, 5) is 10.7. The third-order valence-electron chi connectivity index (χ3n) is 2.22. The van der Waals surface area contributed by atoms with Crippen molar-refractivity contribution in [1.29, 1.82) is 0 Å². The predicted molar refractivity (Wildman–Crippen MR) is 57.7 cm³/mol. The van der Waals surface area contributed by atoms with Crippen molar-refractivity contribution in [2.24, 2.45) is 0 Å². The van der Waals surface area contributed by atoms with E-state index in [1.807, 2.05) is 0 Å². The number of ketones is 1. The fraction of sp³-hybridized carbons (Fsp3) is 0.250. The van der Waals surface area contributed by atoms with Crippen LogP contribution in [-0.2, 0) is 17.1 Å². The van der Waals surface area contributed by atoms with Crippen LogP contribution in [0, 0.1) is 0 Å². The molecule has 0 aliphatic heterocycles. The van der Waals surface area contributed by atoms with E-state index in [2.05, 4.69) is 0 Å². The fourth-order valence-corrected chi connectivity index (χ4v) is 1.38. The molecule has 0 aliphatic carbocycles. The van der Waals surface area contributed by atoms with Crippen molar-refractivity contribution >= 4 is 11.5 Å². The van der Waals surface area contributed by atoms with Crippen molar-refractivity contribution in [2.45, 2.75) is 19.3 Å². The van der Waals surface area contributed by atoms with Gasteiger partial charge in [0.25, 0.3) is 0 Å². The molecule has 110 valence electrons. The number of carbonyl (C=O) groups excluding carboxylic acids is 1. The van der Waals surface area contributed by atoms with E-state index in [9.17, 15) is 36.2 Å². The van der Waals surface area contributed by atoms with Crippen LogP contribution in [0.3, 0.4) is 0 Å². The number of halogens is 6. The number of allylic oxidation sites excluding steroid dienone is 1. The predicted octanol–water partition coefficient (Wildman–Crippen LogP) is 4.21. The van der Waals surface area contributed by atoms with Crippen LogP contribution in [0.5, 0.6) is 0 Å². The average molecular weight is 298 g/mol. The molecule has 1 rings (SSSR count). The first kappa shape index (κ1) is 16.1.